The molecule has 4 heterocycles. The number of benzene rings is 2. The van der Waals surface area contributed by atoms with Gasteiger partial charge in [0.05, 0.1) is 27.4 Å². The number of amides is 1. The van der Waals surface area contributed by atoms with Gasteiger partial charge in [0, 0.05) is 62.3 Å². The van der Waals surface area contributed by atoms with Gasteiger partial charge < -0.3 is 20.1 Å². The number of pyridine rings is 3. The summed E-state index contributed by atoms with van der Waals surface area (Å²) < 4.78 is 41.7. The van der Waals surface area contributed by atoms with Crippen molar-refractivity contribution in [1.82, 2.24) is 19.9 Å². The van der Waals surface area contributed by atoms with Gasteiger partial charge >= 0.3 is 0 Å². The van der Waals surface area contributed by atoms with Gasteiger partial charge in [-0.2, -0.15) is 0 Å². The number of anilines is 1. The normalized spacial score (nSPS) is 10.9. The Balaban J connectivity index is 0.00000451. The third kappa shape index (κ3) is 7.75. The van der Waals surface area contributed by atoms with E-state index in [0.29, 0.717) is 35.7 Å². The van der Waals surface area contributed by atoms with Crippen LogP contribution >= 0.6 is 23.7 Å². The van der Waals surface area contributed by atoms with Crippen molar-refractivity contribution >= 4 is 45.6 Å². The van der Waals surface area contributed by atoms with Gasteiger partial charge in [-0.3, -0.25) is 24.1 Å². The topological polar surface area (TPSA) is 107 Å². The van der Waals surface area contributed by atoms with Crippen LogP contribution in [0.25, 0.3) is 26.5 Å². The lowest BCUT2D eigenvalue weighted by atomic mass is 10.1. The number of nitrogens with zero attached hydrogens (tertiary/aromatic N) is 3. The zero-order valence-corrected chi connectivity index (χ0v) is 27.5. The maximum Gasteiger partial charge on any atom is 0.267 e. The predicted molar refractivity (Wildman–Crippen MR) is 185 cm³/mol. The van der Waals surface area contributed by atoms with E-state index in [0.717, 1.165) is 33.4 Å². The van der Waals surface area contributed by atoms with Gasteiger partial charge in [0.1, 0.15) is 17.1 Å². The van der Waals surface area contributed by atoms with Crippen LogP contribution in [0.3, 0.4) is 0 Å². The van der Waals surface area contributed by atoms with Crippen LogP contribution in [0, 0.1) is 18.6 Å². The van der Waals surface area contributed by atoms with E-state index in [9.17, 15) is 14.0 Å². The Labute approximate surface area is 284 Å². The summed E-state index contributed by atoms with van der Waals surface area (Å²) in [7, 11) is 1.66. The molecule has 9 nitrogen and oxygen atoms in total. The average molecular weight is 690 g/mol. The molecule has 0 fully saturated rings. The highest BCUT2D eigenvalue weighted by molar-refractivity contribution is 7.22. The Morgan fingerprint density at radius 3 is 2.52 bits per heavy atom. The van der Waals surface area contributed by atoms with Crippen molar-refractivity contribution in [3.8, 4) is 27.8 Å². The fraction of sp³-hybridized carbons (Fsp3) is 0.143. The molecule has 0 saturated heterocycles. The van der Waals surface area contributed by atoms with E-state index in [2.05, 4.69) is 20.6 Å². The van der Waals surface area contributed by atoms with Gasteiger partial charge in [-0.15, -0.1) is 23.7 Å². The molecule has 0 aliphatic carbocycles. The van der Waals surface area contributed by atoms with Gasteiger partial charge in [0.25, 0.3) is 11.5 Å². The maximum atomic E-state index is 15.3. The van der Waals surface area contributed by atoms with Crippen LogP contribution in [0.4, 0.5) is 14.5 Å². The number of hydrogen-bond acceptors (Lipinski definition) is 8. The quantitative estimate of drug-likeness (QED) is 0.138. The molecule has 0 radical (unpaired) electrons. The minimum absolute atomic E-state index is 0. The molecule has 0 aliphatic rings. The SMILES string of the molecule is COCCNCc1ccc(-c2cc3nccc(Oc4ccc(NC(=O)c5cc(C)cn(-c6ccc(F)cc6)c5=O)cc4F)c3s2)nc1.Cl. The summed E-state index contributed by atoms with van der Waals surface area (Å²) in [5.74, 6) is -1.51. The summed E-state index contributed by atoms with van der Waals surface area (Å²) in [5.41, 5.74) is 2.94. The highest BCUT2D eigenvalue weighted by atomic mass is 35.5. The number of carbonyl (C=O) groups is 1. The molecule has 246 valence electrons. The van der Waals surface area contributed by atoms with Gasteiger partial charge in [0.2, 0.25) is 0 Å². The third-order valence-electron chi connectivity index (χ3n) is 7.18. The molecule has 2 N–H and O–H groups in total. The van der Waals surface area contributed by atoms with Crippen molar-refractivity contribution in [2.45, 2.75) is 13.5 Å². The Morgan fingerprint density at radius 1 is 0.979 bits per heavy atom. The standard InChI is InChI=1S/C35H29F2N5O4S.ClH/c1-21-15-26(35(44)42(20-21)25-7-4-23(36)5-8-25)34(43)41-24-6-10-30(27(37)16-24)46-31-11-12-39-29-17-32(47-33(29)31)28-9-3-22(19-40-28)18-38-13-14-45-2;/h3-12,15-17,19-20,38H,13-14,18H2,1-2H3,(H,41,43);1H. The largest absolute Gasteiger partial charge is 0.453 e. The van der Waals surface area contributed by atoms with E-state index in [-0.39, 0.29) is 29.4 Å². The zero-order chi connectivity index (χ0) is 32.9. The summed E-state index contributed by atoms with van der Waals surface area (Å²) in [6.07, 6.45) is 4.96. The smallest absolute Gasteiger partial charge is 0.267 e. The van der Waals surface area contributed by atoms with Crippen molar-refractivity contribution in [3.63, 3.8) is 0 Å². The first kappa shape index (κ1) is 34.3. The molecular weight excluding hydrogens is 660 g/mol. The van der Waals surface area contributed by atoms with Gasteiger partial charge in [0.15, 0.2) is 11.6 Å². The molecule has 2 aromatic carbocycles. The second kappa shape index (κ2) is 15.3. The van der Waals surface area contributed by atoms with Crippen molar-refractivity contribution in [3.05, 3.63) is 130 Å². The number of nitrogens with one attached hydrogen (secondary N) is 2. The number of rotatable bonds is 11. The lowest BCUT2D eigenvalue weighted by molar-refractivity contribution is 0.102. The monoisotopic (exact) mass is 689 g/mol. The molecule has 4 aromatic heterocycles. The molecule has 6 rings (SSSR count). The summed E-state index contributed by atoms with van der Waals surface area (Å²) in [4.78, 5) is 36.2. The fourth-order valence-electron chi connectivity index (χ4n) is 4.86. The lowest BCUT2D eigenvalue weighted by Gasteiger charge is -2.12. The Hall–Kier alpha value is -5.01. The number of methoxy groups -OCH3 is 1. The van der Waals surface area contributed by atoms with Crippen molar-refractivity contribution in [2.24, 2.45) is 0 Å². The third-order valence-corrected chi connectivity index (χ3v) is 8.34. The molecule has 48 heavy (non-hydrogen) atoms. The summed E-state index contributed by atoms with van der Waals surface area (Å²) in [5, 5.41) is 5.87. The lowest BCUT2D eigenvalue weighted by Crippen LogP contribution is -2.28. The first-order valence-corrected chi connectivity index (χ1v) is 15.4. The zero-order valence-electron chi connectivity index (χ0n) is 25.8. The number of aryl methyl sites for hydroxylation is 1. The number of thiophene rings is 1. The minimum Gasteiger partial charge on any atom is -0.453 e. The van der Waals surface area contributed by atoms with Crippen LogP contribution in [0.1, 0.15) is 21.5 Å². The molecule has 1 amide bonds. The van der Waals surface area contributed by atoms with Crippen LogP contribution < -0.4 is 20.9 Å². The van der Waals surface area contributed by atoms with Crippen molar-refractivity contribution < 1.29 is 23.0 Å². The van der Waals surface area contributed by atoms with Crippen LogP contribution in [0.15, 0.2) is 96.2 Å². The second-order valence-electron chi connectivity index (χ2n) is 10.6. The highest BCUT2D eigenvalue weighted by Crippen LogP contribution is 2.39. The molecule has 0 atom stereocenters. The molecule has 0 saturated carbocycles. The van der Waals surface area contributed by atoms with Gasteiger partial charge in [-0.25, -0.2) is 8.78 Å². The van der Waals surface area contributed by atoms with Crippen LogP contribution in [-0.2, 0) is 11.3 Å². The van der Waals surface area contributed by atoms with Crippen molar-refractivity contribution in [1.29, 1.82) is 0 Å². The van der Waals surface area contributed by atoms with E-state index >= 15 is 4.39 Å². The van der Waals surface area contributed by atoms with E-state index in [1.54, 1.807) is 32.5 Å². The molecule has 0 unspecified atom stereocenters. The second-order valence-corrected chi connectivity index (χ2v) is 11.7. The average Bonchev–Trinajstić information content (AvgIpc) is 3.51. The maximum absolute atomic E-state index is 15.3. The van der Waals surface area contributed by atoms with E-state index in [1.807, 2.05) is 24.4 Å². The van der Waals surface area contributed by atoms with Gasteiger partial charge in [-0.05, 0) is 72.6 Å². The van der Waals surface area contributed by atoms with Crippen LogP contribution in [0.5, 0.6) is 11.5 Å². The predicted octanol–water partition coefficient (Wildman–Crippen LogP) is 7.30. The van der Waals surface area contributed by atoms with E-state index in [4.69, 9.17) is 9.47 Å². The first-order valence-electron chi connectivity index (χ1n) is 14.6. The number of aromatic nitrogens is 3. The number of ether oxygens (including phenoxy) is 2. The van der Waals surface area contributed by atoms with Crippen LogP contribution in [0.2, 0.25) is 0 Å². The van der Waals surface area contributed by atoms with E-state index < -0.39 is 23.1 Å². The molecule has 13 heteroatoms. The number of halogens is 3. The number of fused-ring (bicyclic) bond motifs is 1. The minimum atomic E-state index is -0.714. The van der Waals surface area contributed by atoms with E-state index in [1.165, 1.54) is 58.4 Å². The van der Waals surface area contributed by atoms with Gasteiger partial charge in [-0.1, -0.05) is 6.07 Å². The first-order chi connectivity index (χ1) is 22.8. The fourth-order valence-corrected chi connectivity index (χ4v) is 5.90. The molecular formula is C35H30ClF2N5O4S. The Bertz CT molecular complexity index is 2120. The highest BCUT2D eigenvalue weighted by Gasteiger charge is 2.17. The Kier molecular flexibility index (Phi) is 10.9. The molecule has 6 aromatic rings. The Morgan fingerprint density at radius 2 is 1.79 bits per heavy atom. The summed E-state index contributed by atoms with van der Waals surface area (Å²) in [6, 6.07) is 18.3. The molecule has 0 aliphatic heterocycles. The summed E-state index contributed by atoms with van der Waals surface area (Å²) in [6.45, 7) is 3.79. The van der Waals surface area contributed by atoms with Crippen LogP contribution in [-0.4, -0.2) is 40.7 Å². The summed E-state index contributed by atoms with van der Waals surface area (Å²) >= 11 is 1.43. The number of carbonyl (C=O) groups excluding carboxylic acids is 1. The molecule has 0 bridgehead atoms. The van der Waals surface area contributed by atoms with Crippen molar-refractivity contribution in [2.75, 3.05) is 25.6 Å². The number of hydrogen-bond donors (Lipinski definition) is 2. The molecule has 0 spiro atoms.